The number of hydrogen-bond donors (Lipinski definition) is 1. The summed E-state index contributed by atoms with van der Waals surface area (Å²) >= 11 is 0. The third-order valence-electron chi connectivity index (χ3n) is 6.52. The molecule has 2 aliphatic rings. The van der Waals surface area contributed by atoms with Crippen molar-refractivity contribution >= 4 is 35.8 Å². The fourth-order valence-electron chi connectivity index (χ4n) is 4.49. The van der Waals surface area contributed by atoms with Crippen molar-refractivity contribution in [1.29, 1.82) is 0 Å². The molecular formula is C25H37IN6O. The minimum Gasteiger partial charge on any atom is -0.370 e. The van der Waals surface area contributed by atoms with Gasteiger partial charge in [-0.25, -0.2) is 4.98 Å². The Morgan fingerprint density at radius 3 is 2.58 bits per heavy atom. The summed E-state index contributed by atoms with van der Waals surface area (Å²) in [5.74, 6) is 1.98. The second kappa shape index (κ2) is 12.5. The van der Waals surface area contributed by atoms with E-state index in [-0.39, 0.29) is 30.1 Å². The Bertz CT molecular complexity index is 898. The second-order valence-corrected chi connectivity index (χ2v) is 8.51. The largest absolute Gasteiger partial charge is 0.370 e. The van der Waals surface area contributed by atoms with Crippen molar-refractivity contribution in [3.05, 3.63) is 59.3 Å². The molecular weight excluding hydrogens is 527 g/mol. The van der Waals surface area contributed by atoms with Gasteiger partial charge in [0.1, 0.15) is 11.9 Å². The topological polar surface area (TPSA) is 56.2 Å². The lowest BCUT2D eigenvalue weighted by molar-refractivity contribution is -0.00834. The highest BCUT2D eigenvalue weighted by molar-refractivity contribution is 14.0. The quantitative estimate of drug-likeness (QED) is 0.342. The number of likely N-dealkylation sites (N-methyl/N-ethyl adjacent to an activating group) is 1. The van der Waals surface area contributed by atoms with Gasteiger partial charge < -0.3 is 24.8 Å². The van der Waals surface area contributed by atoms with Crippen LogP contribution in [0.1, 0.15) is 29.7 Å². The number of aliphatic imine (C=N–C) groups is 1. The van der Waals surface area contributed by atoms with Crippen LogP contribution >= 0.6 is 24.0 Å². The van der Waals surface area contributed by atoms with Crippen molar-refractivity contribution in [2.75, 3.05) is 64.4 Å². The number of piperazine rings is 1. The summed E-state index contributed by atoms with van der Waals surface area (Å²) in [7, 11) is 1.85. The van der Waals surface area contributed by atoms with Crippen LogP contribution in [0.15, 0.2) is 47.6 Å². The molecule has 1 unspecified atom stereocenters. The van der Waals surface area contributed by atoms with Gasteiger partial charge in [0.25, 0.3) is 0 Å². The van der Waals surface area contributed by atoms with E-state index in [0.29, 0.717) is 13.2 Å². The molecule has 4 rings (SSSR count). The Morgan fingerprint density at radius 2 is 1.91 bits per heavy atom. The first-order valence-electron chi connectivity index (χ1n) is 11.7. The average Bonchev–Trinajstić information content (AvgIpc) is 2.85. The summed E-state index contributed by atoms with van der Waals surface area (Å²) < 4.78 is 6.07. The maximum Gasteiger partial charge on any atom is 0.194 e. The Balaban J connectivity index is 0.00000306. The van der Waals surface area contributed by atoms with Gasteiger partial charge in [-0.1, -0.05) is 37.3 Å². The SMILES string of the molecule is CCN1CCN(c2ccc(CNC(=NC)N3CCOC(c4ccccc4C)C3)cn2)CC1.I. The molecule has 1 atom stereocenters. The first kappa shape index (κ1) is 25.7. The summed E-state index contributed by atoms with van der Waals surface area (Å²) in [5, 5.41) is 3.51. The van der Waals surface area contributed by atoms with Crippen molar-refractivity contribution in [3.8, 4) is 0 Å². The Hall–Kier alpha value is -1.91. The molecule has 3 heterocycles. The number of morpholine rings is 1. The van der Waals surface area contributed by atoms with Gasteiger partial charge in [-0.3, -0.25) is 4.99 Å². The number of halogens is 1. The van der Waals surface area contributed by atoms with E-state index >= 15 is 0 Å². The normalized spacial score (nSPS) is 19.8. The maximum absolute atomic E-state index is 6.07. The molecule has 33 heavy (non-hydrogen) atoms. The predicted octanol–water partition coefficient (Wildman–Crippen LogP) is 3.30. The van der Waals surface area contributed by atoms with Crippen LogP contribution in [0.3, 0.4) is 0 Å². The number of hydrogen-bond acceptors (Lipinski definition) is 5. The molecule has 1 N–H and O–H groups in total. The van der Waals surface area contributed by atoms with Gasteiger partial charge in [0.2, 0.25) is 0 Å². The van der Waals surface area contributed by atoms with Crippen molar-refractivity contribution in [1.82, 2.24) is 20.1 Å². The van der Waals surface area contributed by atoms with E-state index in [0.717, 1.165) is 63.2 Å². The fourth-order valence-corrected chi connectivity index (χ4v) is 4.49. The third kappa shape index (κ3) is 6.58. The van der Waals surface area contributed by atoms with Crippen LogP contribution < -0.4 is 10.2 Å². The van der Waals surface area contributed by atoms with Crippen molar-refractivity contribution in [3.63, 3.8) is 0 Å². The number of anilines is 1. The number of aryl methyl sites for hydroxylation is 1. The van der Waals surface area contributed by atoms with Gasteiger partial charge in [0, 0.05) is 52.5 Å². The fraction of sp³-hybridized carbons (Fsp3) is 0.520. The molecule has 1 aromatic carbocycles. The highest BCUT2D eigenvalue weighted by Crippen LogP contribution is 2.25. The minimum absolute atomic E-state index is 0. The zero-order valence-corrected chi connectivity index (χ0v) is 22.4. The number of nitrogens with zero attached hydrogens (tertiary/aromatic N) is 5. The zero-order chi connectivity index (χ0) is 22.3. The summed E-state index contributed by atoms with van der Waals surface area (Å²) in [4.78, 5) is 16.4. The van der Waals surface area contributed by atoms with Crippen LogP contribution in [0.25, 0.3) is 0 Å². The van der Waals surface area contributed by atoms with Gasteiger partial charge in [0.05, 0.1) is 13.2 Å². The smallest absolute Gasteiger partial charge is 0.194 e. The molecule has 1 aromatic heterocycles. The highest BCUT2D eigenvalue weighted by Gasteiger charge is 2.25. The molecule has 0 saturated carbocycles. The van der Waals surface area contributed by atoms with Gasteiger partial charge >= 0.3 is 0 Å². The number of benzene rings is 1. The molecule has 7 nitrogen and oxygen atoms in total. The predicted molar refractivity (Wildman–Crippen MR) is 146 cm³/mol. The van der Waals surface area contributed by atoms with Crippen LogP contribution in [-0.4, -0.2) is 80.2 Å². The second-order valence-electron chi connectivity index (χ2n) is 8.51. The van der Waals surface area contributed by atoms with E-state index in [1.54, 1.807) is 0 Å². The van der Waals surface area contributed by atoms with Gasteiger partial charge in [-0.05, 0) is 36.2 Å². The van der Waals surface area contributed by atoms with Crippen LogP contribution in [0, 0.1) is 6.92 Å². The number of aromatic nitrogens is 1. The van der Waals surface area contributed by atoms with Crippen molar-refractivity contribution in [2.24, 2.45) is 4.99 Å². The molecule has 180 valence electrons. The Labute approximate surface area is 215 Å². The first-order chi connectivity index (χ1) is 15.7. The third-order valence-corrected chi connectivity index (χ3v) is 6.52. The molecule has 0 radical (unpaired) electrons. The van der Waals surface area contributed by atoms with Gasteiger partial charge in [0.15, 0.2) is 5.96 Å². The standard InChI is InChI=1S/C25H36N6O.HI/c1-4-29-11-13-30(14-12-29)24-10-9-21(17-27-24)18-28-25(26-3)31-15-16-32-23(19-31)22-8-6-5-7-20(22)2;/h5-10,17,23H,4,11-16,18-19H2,1-3H3,(H,26,28);1H. The number of ether oxygens (including phenoxy) is 1. The molecule has 0 bridgehead atoms. The summed E-state index contributed by atoms with van der Waals surface area (Å²) in [5.41, 5.74) is 3.68. The van der Waals surface area contributed by atoms with Crippen LogP contribution in [-0.2, 0) is 11.3 Å². The number of nitrogens with one attached hydrogen (secondary N) is 1. The summed E-state index contributed by atoms with van der Waals surface area (Å²) in [6.07, 6.45) is 2.05. The summed E-state index contributed by atoms with van der Waals surface area (Å²) in [6.45, 7) is 12.8. The molecule has 2 aromatic rings. The van der Waals surface area contributed by atoms with E-state index in [4.69, 9.17) is 9.72 Å². The first-order valence-corrected chi connectivity index (χ1v) is 11.7. The molecule has 0 aliphatic carbocycles. The van der Waals surface area contributed by atoms with Gasteiger partial charge in [-0.2, -0.15) is 0 Å². The molecule has 0 spiro atoms. The lowest BCUT2D eigenvalue weighted by Gasteiger charge is -2.36. The highest BCUT2D eigenvalue weighted by atomic mass is 127. The molecule has 2 aliphatic heterocycles. The van der Waals surface area contributed by atoms with E-state index in [9.17, 15) is 0 Å². The number of guanidine groups is 1. The number of rotatable bonds is 5. The van der Waals surface area contributed by atoms with Crippen LogP contribution in [0.2, 0.25) is 0 Å². The van der Waals surface area contributed by atoms with Crippen LogP contribution in [0.5, 0.6) is 0 Å². The molecule has 2 fully saturated rings. The van der Waals surface area contributed by atoms with Crippen molar-refractivity contribution < 1.29 is 4.74 Å². The van der Waals surface area contributed by atoms with Gasteiger partial charge in [-0.15, -0.1) is 24.0 Å². The van der Waals surface area contributed by atoms with E-state index in [1.807, 2.05) is 13.2 Å². The van der Waals surface area contributed by atoms with E-state index in [2.05, 4.69) is 75.3 Å². The average molecular weight is 565 g/mol. The summed E-state index contributed by atoms with van der Waals surface area (Å²) in [6, 6.07) is 12.8. The molecule has 0 amide bonds. The van der Waals surface area contributed by atoms with E-state index in [1.165, 1.54) is 11.1 Å². The Kier molecular flexibility index (Phi) is 9.76. The van der Waals surface area contributed by atoms with Crippen LogP contribution in [0.4, 0.5) is 5.82 Å². The zero-order valence-electron chi connectivity index (χ0n) is 20.0. The Morgan fingerprint density at radius 1 is 1.12 bits per heavy atom. The van der Waals surface area contributed by atoms with E-state index < -0.39 is 0 Å². The maximum atomic E-state index is 6.07. The van der Waals surface area contributed by atoms with Crippen molar-refractivity contribution in [2.45, 2.75) is 26.5 Å². The lowest BCUT2D eigenvalue weighted by atomic mass is 10.0. The lowest BCUT2D eigenvalue weighted by Crippen LogP contribution is -2.48. The minimum atomic E-state index is 0. The monoisotopic (exact) mass is 564 g/mol. The molecule has 2 saturated heterocycles. The number of pyridine rings is 1. The molecule has 8 heteroatoms.